The maximum absolute atomic E-state index is 12.0. The van der Waals surface area contributed by atoms with E-state index in [-0.39, 0.29) is 5.82 Å². The average molecular weight is 206 g/mol. The number of aryl methyl sites for hydroxylation is 1. The van der Waals surface area contributed by atoms with Crippen molar-refractivity contribution in [2.45, 2.75) is 26.9 Å². The molecule has 0 spiro atoms. The fourth-order valence-corrected chi connectivity index (χ4v) is 0.740. The topological polar surface area (TPSA) is 38.9 Å². The molecule has 0 aliphatic rings. The number of anilines is 1. The summed E-state index contributed by atoms with van der Waals surface area (Å²) in [6.45, 7) is 5.48. The van der Waals surface area contributed by atoms with Gasteiger partial charge >= 0.3 is 6.18 Å². The average Bonchev–Trinajstić information content (AvgIpc) is 2.11. The molecule has 1 rings (SSSR count). The lowest BCUT2D eigenvalue weighted by atomic mass is 10.2. The predicted octanol–water partition coefficient (Wildman–Crippen LogP) is 3.02. The van der Waals surface area contributed by atoms with Gasteiger partial charge in [-0.15, -0.1) is 0 Å². The van der Waals surface area contributed by atoms with Gasteiger partial charge in [-0.05, 0) is 18.6 Å². The minimum absolute atomic E-state index is 0.128. The van der Waals surface area contributed by atoms with Gasteiger partial charge in [0.1, 0.15) is 5.82 Å². The van der Waals surface area contributed by atoms with E-state index >= 15 is 0 Å². The number of rotatable bonds is 0. The highest BCUT2D eigenvalue weighted by Gasteiger charge is 2.31. The maximum Gasteiger partial charge on any atom is 0.417 e. The summed E-state index contributed by atoms with van der Waals surface area (Å²) >= 11 is 0. The van der Waals surface area contributed by atoms with Crippen molar-refractivity contribution in [2.75, 3.05) is 5.73 Å². The van der Waals surface area contributed by atoms with Crippen LogP contribution in [0.25, 0.3) is 0 Å². The minimum Gasteiger partial charge on any atom is -0.383 e. The molecule has 1 heterocycles. The lowest BCUT2D eigenvalue weighted by Gasteiger charge is -2.07. The highest BCUT2D eigenvalue weighted by atomic mass is 19.4. The molecule has 0 saturated heterocycles. The van der Waals surface area contributed by atoms with Crippen LogP contribution in [0.3, 0.4) is 0 Å². The number of nitrogen functional groups attached to an aromatic ring is 1. The third kappa shape index (κ3) is 3.24. The Hall–Kier alpha value is -1.26. The SMILES string of the molecule is CC.Cc1cc(C(F)(F)F)cnc1N. The number of hydrogen-bond acceptors (Lipinski definition) is 2. The van der Waals surface area contributed by atoms with Crippen LogP contribution in [0.5, 0.6) is 0 Å². The summed E-state index contributed by atoms with van der Waals surface area (Å²) in [5, 5.41) is 0. The van der Waals surface area contributed by atoms with Crippen LogP contribution < -0.4 is 5.73 Å². The molecule has 2 N–H and O–H groups in total. The Morgan fingerprint density at radius 2 is 1.79 bits per heavy atom. The van der Waals surface area contributed by atoms with E-state index in [0.29, 0.717) is 5.56 Å². The van der Waals surface area contributed by atoms with Crippen molar-refractivity contribution >= 4 is 5.82 Å². The van der Waals surface area contributed by atoms with Gasteiger partial charge in [0.15, 0.2) is 0 Å². The van der Waals surface area contributed by atoms with E-state index in [0.717, 1.165) is 12.3 Å². The third-order valence-corrected chi connectivity index (χ3v) is 1.45. The highest BCUT2D eigenvalue weighted by molar-refractivity contribution is 5.40. The molecule has 0 radical (unpaired) electrons. The molecule has 0 aliphatic carbocycles. The van der Waals surface area contributed by atoms with Crippen LogP contribution >= 0.6 is 0 Å². The Bertz CT molecular complexity index is 295. The highest BCUT2D eigenvalue weighted by Crippen LogP contribution is 2.29. The molecule has 2 nitrogen and oxygen atoms in total. The van der Waals surface area contributed by atoms with Gasteiger partial charge in [0.2, 0.25) is 0 Å². The van der Waals surface area contributed by atoms with Gasteiger partial charge in [-0.25, -0.2) is 4.98 Å². The quantitative estimate of drug-likeness (QED) is 0.708. The van der Waals surface area contributed by atoms with Gasteiger partial charge in [-0.1, -0.05) is 13.8 Å². The molecule has 14 heavy (non-hydrogen) atoms. The number of alkyl halides is 3. The monoisotopic (exact) mass is 206 g/mol. The van der Waals surface area contributed by atoms with Crippen molar-refractivity contribution in [3.8, 4) is 0 Å². The molecule has 0 bridgehead atoms. The Kier molecular flexibility index (Phi) is 4.40. The Morgan fingerprint density at radius 3 is 2.14 bits per heavy atom. The van der Waals surface area contributed by atoms with Gasteiger partial charge in [-0.2, -0.15) is 13.2 Å². The van der Waals surface area contributed by atoms with Crippen LogP contribution in [0.4, 0.5) is 19.0 Å². The smallest absolute Gasteiger partial charge is 0.383 e. The van der Waals surface area contributed by atoms with Crippen molar-refractivity contribution in [1.29, 1.82) is 0 Å². The summed E-state index contributed by atoms with van der Waals surface area (Å²) in [6.07, 6.45) is -3.62. The van der Waals surface area contributed by atoms with E-state index in [1.807, 2.05) is 13.8 Å². The van der Waals surface area contributed by atoms with Crippen LogP contribution in [0, 0.1) is 6.92 Å². The first-order valence-corrected chi connectivity index (χ1v) is 4.20. The van der Waals surface area contributed by atoms with Gasteiger partial charge in [0, 0.05) is 6.20 Å². The summed E-state index contributed by atoms with van der Waals surface area (Å²) in [5.74, 6) is 0.128. The molecule has 1 aromatic heterocycles. The lowest BCUT2D eigenvalue weighted by molar-refractivity contribution is -0.137. The lowest BCUT2D eigenvalue weighted by Crippen LogP contribution is -2.07. The van der Waals surface area contributed by atoms with E-state index < -0.39 is 11.7 Å². The molecule has 0 aromatic carbocycles. The summed E-state index contributed by atoms with van der Waals surface area (Å²) in [7, 11) is 0. The van der Waals surface area contributed by atoms with E-state index in [9.17, 15) is 13.2 Å². The van der Waals surface area contributed by atoms with Crippen LogP contribution in [-0.4, -0.2) is 4.98 Å². The Morgan fingerprint density at radius 1 is 1.29 bits per heavy atom. The second-order valence-electron chi connectivity index (χ2n) is 2.42. The van der Waals surface area contributed by atoms with Crippen molar-refractivity contribution < 1.29 is 13.2 Å². The molecule has 0 saturated carbocycles. The molecule has 0 aliphatic heterocycles. The van der Waals surface area contributed by atoms with Crippen LogP contribution in [-0.2, 0) is 6.18 Å². The van der Waals surface area contributed by atoms with Crippen LogP contribution in [0.15, 0.2) is 12.3 Å². The van der Waals surface area contributed by atoms with E-state index in [1.54, 1.807) is 0 Å². The Balaban J connectivity index is 0.000000791. The first kappa shape index (κ1) is 12.7. The normalized spacial score (nSPS) is 10.4. The standard InChI is InChI=1S/C7H7F3N2.C2H6/c1-4-2-5(7(8,9)10)3-12-6(4)11;1-2/h2-3H,1H3,(H2,11,12);1-2H3. The second kappa shape index (κ2) is 4.83. The van der Waals surface area contributed by atoms with Crippen molar-refractivity contribution in [1.82, 2.24) is 4.98 Å². The van der Waals surface area contributed by atoms with Crippen LogP contribution in [0.1, 0.15) is 25.0 Å². The minimum atomic E-state index is -4.34. The zero-order valence-corrected chi connectivity index (χ0v) is 8.31. The molecular weight excluding hydrogens is 193 g/mol. The van der Waals surface area contributed by atoms with E-state index in [1.165, 1.54) is 6.92 Å². The molecular formula is C9H13F3N2. The van der Waals surface area contributed by atoms with E-state index in [4.69, 9.17) is 5.73 Å². The fraction of sp³-hybridized carbons (Fsp3) is 0.444. The summed E-state index contributed by atoms with van der Waals surface area (Å²) in [5.41, 5.74) is 4.82. The van der Waals surface area contributed by atoms with Gasteiger partial charge in [-0.3, -0.25) is 0 Å². The van der Waals surface area contributed by atoms with E-state index in [2.05, 4.69) is 4.98 Å². The summed E-state index contributed by atoms with van der Waals surface area (Å²) in [4.78, 5) is 3.40. The summed E-state index contributed by atoms with van der Waals surface area (Å²) in [6, 6.07) is 0.975. The summed E-state index contributed by atoms with van der Waals surface area (Å²) < 4.78 is 36.1. The van der Waals surface area contributed by atoms with Crippen molar-refractivity contribution in [2.24, 2.45) is 0 Å². The van der Waals surface area contributed by atoms with Crippen LogP contribution in [0.2, 0.25) is 0 Å². The molecule has 5 heteroatoms. The molecule has 1 aromatic rings. The zero-order chi connectivity index (χ0) is 11.4. The number of hydrogen-bond donors (Lipinski definition) is 1. The first-order valence-electron chi connectivity index (χ1n) is 4.20. The molecule has 80 valence electrons. The first-order chi connectivity index (χ1) is 6.41. The number of pyridine rings is 1. The maximum atomic E-state index is 12.0. The van der Waals surface area contributed by atoms with Gasteiger partial charge in [0.25, 0.3) is 0 Å². The van der Waals surface area contributed by atoms with Crippen molar-refractivity contribution in [3.05, 3.63) is 23.4 Å². The molecule has 0 atom stereocenters. The molecule has 0 amide bonds. The largest absolute Gasteiger partial charge is 0.417 e. The van der Waals surface area contributed by atoms with Gasteiger partial charge < -0.3 is 5.73 Å². The number of aromatic nitrogens is 1. The number of nitrogens with zero attached hydrogens (tertiary/aromatic N) is 1. The number of nitrogens with two attached hydrogens (primary N) is 1. The third-order valence-electron chi connectivity index (χ3n) is 1.45. The van der Waals surface area contributed by atoms with Gasteiger partial charge in [0.05, 0.1) is 5.56 Å². The Labute approximate surface area is 81.0 Å². The van der Waals surface area contributed by atoms with Crippen molar-refractivity contribution in [3.63, 3.8) is 0 Å². The zero-order valence-electron chi connectivity index (χ0n) is 8.31. The molecule has 0 fully saturated rings. The second-order valence-corrected chi connectivity index (χ2v) is 2.42. The number of halogens is 3. The fourth-order valence-electron chi connectivity index (χ4n) is 0.740. The molecule has 0 unspecified atom stereocenters. The predicted molar refractivity (Wildman–Crippen MR) is 49.7 cm³/mol.